The first kappa shape index (κ1) is 17.5. The molecule has 1 atom stereocenters. The summed E-state index contributed by atoms with van der Waals surface area (Å²) < 4.78 is 24.1. The van der Waals surface area contributed by atoms with Gasteiger partial charge in [-0.25, -0.2) is 8.42 Å². The summed E-state index contributed by atoms with van der Waals surface area (Å²) in [4.78, 5) is 13.5. The highest BCUT2D eigenvalue weighted by Crippen LogP contribution is 2.60. The number of amides is 1. The number of nitrogens with one attached hydrogen (secondary N) is 1. The van der Waals surface area contributed by atoms with Crippen LogP contribution in [0.25, 0.3) is 0 Å². The molecule has 0 aromatic heterocycles. The summed E-state index contributed by atoms with van der Waals surface area (Å²) >= 11 is 0. The lowest BCUT2D eigenvalue weighted by atomic mass is 9.49. The predicted molar refractivity (Wildman–Crippen MR) is 105 cm³/mol. The molecule has 1 aliphatic heterocycles. The van der Waals surface area contributed by atoms with E-state index >= 15 is 0 Å². The molecule has 4 aliphatic carbocycles. The number of benzene rings is 1. The Morgan fingerprint density at radius 2 is 1.59 bits per heavy atom. The molecular formula is C21H28N2O3S. The van der Waals surface area contributed by atoms with Crippen LogP contribution in [0.3, 0.4) is 0 Å². The number of hydrogen-bond donors (Lipinski definition) is 1. The van der Waals surface area contributed by atoms with Gasteiger partial charge in [0.25, 0.3) is 0 Å². The molecule has 146 valence electrons. The van der Waals surface area contributed by atoms with E-state index in [2.05, 4.69) is 5.43 Å². The lowest BCUT2D eigenvalue weighted by molar-refractivity contribution is -0.146. The van der Waals surface area contributed by atoms with Crippen molar-refractivity contribution >= 4 is 21.4 Å². The second-order valence-corrected chi connectivity index (χ2v) is 11.6. The van der Waals surface area contributed by atoms with Crippen molar-refractivity contribution in [3.05, 3.63) is 30.3 Å². The van der Waals surface area contributed by atoms with Crippen molar-refractivity contribution in [3.8, 4) is 0 Å². The quantitative estimate of drug-likeness (QED) is 0.806. The van der Waals surface area contributed by atoms with Crippen LogP contribution in [-0.2, 0) is 14.6 Å². The van der Waals surface area contributed by atoms with Crippen molar-refractivity contribution in [2.75, 3.05) is 16.5 Å². The summed E-state index contributed by atoms with van der Waals surface area (Å²) in [7, 11) is -3.02. The first-order valence-corrected chi connectivity index (χ1v) is 12.1. The molecule has 0 unspecified atom stereocenters. The van der Waals surface area contributed by atoms with E-state index in [1.54, 1.807) is 0 Å². The Kier molecular flexibility index (Phi) is 4.04. The van der Waals surface area contributed by atoms with Crippen molar-refractivity contribution in [2.45, 2.75) is 51.0 Å². The Morgan fingerprint density at radius 3 is 2.11 bits per heavy atom. The molecule has 1 saturated heterocycles. The van der Waals surface area contributed by atoms with Crippen LogP contribution in [0.2, 0.25) is 0 Å². The van der Waals surface area contributed by atoms with E-state index in [0.29, 0.717) is 24.2 Å². The van der Waals surface area contributed by atoms with Gasteiger partial charge in [-0.2, -0.15) is 0 Å². The van der Waals surface area contributed by atoms with Gasteiger partial charge in [0.2, 0.25) is 5.91 Å². The smallest absolute Gasteiger partial charge is 0.244 e. The number of carbonyl (C=O) groups excluding carboxylic acids is 1. The van der Waals surface area contributed by atoms with Crippen LogP contribution in [0.1, 0.15) is 44.9 Å². The monoisotopic (exact) mass is 388 g/mol. The fraction of sp³-hybridized carbons (Fsp3) is 0.667. The van der Waals surface area contributed by atoms with Crippen molar-refractivity contribution < 1.29 is 13.2 Å². The van der Waals surface area contributed by atoms with E-state index in [-0.39, 0.29) is 28.9 Å². The molecule has 0 radical (unpaired) electrons. The van der Waals surface area contributed by atoms with Crippen molar-refractivity contribution in [1.82, 2.24) is 5.43 Å². The molecule has 1 heterocycles. The molecule has 0 spiro atoms. The van der Waals surface area contributed by atoms with Gasteiger partial charge in [0.1, 0.15) is 0 Å². The fourth-order valence-electron chi connectivity index (χ4n) is 6.55. The average molecular weight is 389 g/mol. The maximum Gasteiger partial charge on any atom is 0.244 e. The van der Waals surface area contributed by atoms with Crippen LogP contribution in [0, 0.1) is 23.2 Å². The number of rotatable bonds is 4. The Bertz CT molecular complexity index is 801. The SMILES string of the molecule is O=C(NN(c1ccccc1)[C@H]1CCS(=O)(=O)C1)C12CC3CC(CC(C3)C1)C2. The number of para-hydroxylation sites is 1. The van der Waals surface area contributed by atoms with Crippen LogP contribution in [0.4, 0.5) is 5.69 Å². The van der Waals surface area contributed by atoms with Gasteiger partial charge in [-0.1, -0.05) is 18.2 Å². The molecular weight excluding hydrogens is 360 g/mol. The average Bonchev–Trinajstić information content (AvgIpc) is 2.98. The summed E-state index contributed by atoms with van der Waals surface area (Å²) in [6, 6.07) is 9.52. The third-order valence-corrected chi connectivity index (χ3v) is 9.10. The highest BCUT2D eigenvalue weighted by atomic mass is 32.2. The van der Waals surface area contributed by atoms with Crippen LogP contribution < -0.4 is 10.4 Å². The van der Waals surface area contributed by atoms with E-state index < -0.39 is 9.84 Å². The summed E-state index contributed by atoms with van der Waals surface area (Å²) in [5.74, 6) is 2.56. The van der Waals surface area contributed by atoms with Crippen molar-refractivity contribution in [1.29, 1.82) is 0 Å². The summed E-state index contributed by atoms with van der Waals surface area (Å²) in [6.07, 6.45) is 7.50. The highest BCUT2D eigenvalue weighted by molar-refractivity contribution is 7.91. The van der Waals surface area contributed by atoms with E-state index in [0.717, 1.165) is 24.9 Å². The van der Waals surface area contributed by atoms with Gasteiger partial charge in [0.05, 0.1) is 28.6 Å². The zero-order valence-corrected chi connectivity index (χ0v) is 16.5. The van der Waals surface area contributed by atoms with Gasteiger partial charge in [-0.05, 0) is 74.8 Å². The van der Waals surface area contributed by atoms with E-state index in [9.17, 15) is 13.2 Å². The van der Waals surface area contributed by atoms with Gasteiger partial charge in [0, 0.05) is 0 Å². The van der Waals surface area contributed by atoms with Gasteiger partial charge in [-0.3, -0.25) is 15.2 Å². The largest absolute Gasteiger partial charge is 0.281 e. The maximum absolute atomic E-state index is 13.5. The third-order valence-electron chi connectivity index (χ3n) is 7.35. The van der Waals surface area contributed by atoms with Crippen molar-refractivity contribution in [2.24, 2.45) is 23.2 Å². The first-order chi connectivity index (χ1) is 12.9. The minimum atomic E-state index is -3.02. The van der Waals surface area contributed by atoms with E-state index in [4.69, 9.17) is 0 Å². The van der Waals surface area contributed by atoms with Gasteiger partial charge < -0.3 is 0 Å². The van der Waals surface area contributed by atoms with Gasteiger partial charge in [-0.15, -0.1) is 0 Å². The summed E-state index contributed by atoms with van der Waals surface area (Å²) in [5.41, 5.74) is 3.84. The third kappa shape index (κ3) is 3.16. The molecule has 5 nitrogen and oxygen atoms in total. The van der Waals surface area contributed by atoms with Crippen LogP contribution in [0.15, 0.2) is 30.3 Å². The lowest BCUT2D eigenvalue weighted by Gasteiger charge is -2.56. The maximum atomic E-state index is 13.5. The first-order valence-electron chi connectivity index (χ1n) is 10.3. The predicted octanol–water partition coefficient (Wildman–Crippen LogP) is 2.93. The molecule has 1 amide bonds. The van der Waals surface area contributed by atoms with Crippen LogP contribution in [-0.4, -0.2) is 31.9 Å². The zero-order chi connectivity index (χ0) is 18.6. The molecule has 1 aromatic carbocycles. The molecule has 1 N–H and O–H groups in total. The summed E-state index contributed by atoms with van der Waals surface area (Å²) in [6.45, 7) is 0. The number of hydrazine groups is 1. The van der Waals surface area contributed by atoms with Gasteiger partial charge >= 0.3 is 0 Å². The second-order valence-electron chi connectivity index (χ2n) is 9.40. The Morgan fingerprint density at radius 1 is 1.00 bits per heavy atom. The fourth-order valence-corrected chi connectivity index (χ4v) is 8.25. The highest BCUT2D eigenvalue weighted by Gasteiger charge is 2.55. The lowest BCUT2D eigenvalue weighted by Crippen LogP contribution is -2.59. The Hall–Kier alpha value is -1.56. The Labute approximate surface area is 161 Å². The van der Waals surface area contributed by atoms with E-state index in [1.807, 2.05) is 35.3 Å². The number of nitrogens with zero attached hydrogens (tertiary/aromatic N) is 1. The topological polar surface area (TPSA) is 66.5 Å². The molecule has 1 aromatic rings. The standard InChI is InChI=1S/C21H28N2O3S/c24-20(21-11-15-8-16(12-21)10-17(9-15)13-21)22-23(18-4-2-1-3-5-18)19-6-7-27(25,26)14-19/h1-5,15-17,19H,6-14H2,(H,22,24)/t15?,16?,17?,19-,21?/m0/s1. The molecule has 4 bridgehead atoms. The molecule has 6 heteroatoms. The number of carbonyl (C=O) groups is 1. The van der Waals surface area contributed by atoms with Crippen LogP contribution in [0.5, 0.6) is 0 Å². The van der Waals surface area contributed by atoms with Gasteiger partial charge in [0.15, 0.2) is 9.84 Å². The molecule has 4 saturated carbocycles. The normalized spacial score (nSPS) is 38.7. The van der Waals surface area contributed by atoms with E-state index in [1.165, 1.54) is 19.3 Å². The molecule has 27 heavy (non-hydrogen) atoms. The minimum absolute atomic E-state index is 0.114. The zero-order valence-electron chi connectivity index (χ0n) is 15.6. The molecule has 6 rings (SSSR count). The molecule has 5 aliphatic rings. The summed E-state index contributed by atoms with van der Waals surface area (Å²) in [5, 5.41) is 1.85. The number of hydrogen-bond acceptors (Lipinski definition) is 4. The minimum Gasteiger partial charge on any atom is -0.281 e. The Balaban J connectivity index is 1.41. The number of anilines is 1. The second kappa shape index (κ2) is 6.23. The molecule has 5 fully saturated rings. The van der Waals surface area contributed by atoms with Crippen LogP contribution >= 0.6 is 0 Å². The number of sulfone groups is 1. The van der Waals surface area contributed by atoms with Crippen molar-refractivity contribution in [3.63, 3.8) is 0 Å².